The lowest BCUT2D eigenvalue weighted by Gasteiger charge is -2.20. The Morgan fingerprint density at radius 3 is 1.48 bits per heavy atom. The molecule has 2 aromatic carbocycles. The zero-order valence-electron chi connectivity index (χ0n) is 18.3. The van der Waals surface area contributed by atoms with Crippen LogP contribution in [0.1, 0.15) is 23.3 Å². The number of methoxy groups -OCH3 is 5. The quantitative estimate of drug-likeness (QED) is 0.712. The Bertz CT molecular complexity index is 918. The van der Waals surface area contributed by atoms with Crippen LogP contribution in [0.15, 0.2) is 24.3 Å². The highest BCUT2D eigenvalue weighted by Gasteiger charge is 2.48. The van der Waals surface area contributed by atoms with Crippen molar-refractivity contribution in [1.82, 2.24) is 0 Å². The summed E-state index contributed by atoms with van der Waals surface area (Å²) >= 11 is 0. The molecule has 1 N–H and O–H groups in total. The average molecular weight is 432 g/mol. The van der Waals surface area contributed by atoms with Gasteiger partial charge < -0.3 is 38.3 Å². The van der Waals surface area contributed by atoms with Crippen molar-refractivity contribution in [3.63, 3.8) is 0 Å². The Kier molecular flexibility index (Phi) is 6.02. The normalized spacial score (nSPS) is 24.5. The minimum Gasteiger partial charge on any atom is -0.504 e. The number of hydrogen-bond acceptors (Lipinski definition) is 8. The zero-order chi connectivity index (χ0) is 22.1. The monoisotopic (exact) mass is 432 g/mol. The van der Waals surface area contributed by atoms with Gasteiger partial charge in [-0.25, -0.2) is 0 Å². The van der Waals surface area contributed by atoms with E-state index in [0.29, 0.717) is 42.0 Å². The molecule has 8 heteroatoms. The van der Waals surface area contributed by atoms with E-state index in [-0.39, 0.29) is 29.8 Å². The van der Waals surface area contributed by atoms with Crippen LogP contribution in [0, 0.1) is 11.8 Å². The number of aromatic hydroxyl groups is 1. The first-order chi connectivity index (χ1) is 15.1. The van der Waals surface area contributed by atoms with Gasteiger partial charge in [0.1, 0.15) is 0 Å². The van der Waals surface area contributed by atoms with Crippen LogP contribution in [0.4, 0.5) is 0 Å². The molecule has 0 aliphatic carbocycles. The molecular weight excluding hydrogens is 404 g/mol. The van der Waals surface area contributed by atoms with Gasteiger partial charge in [-0.2, -0.15) is 0 Å². The predicted molar refractivity (Wildman–Crippen MR) is 112 cm³/mol. The van der Waals surface area contributed by atoms with Gasteiger partial charge in [-0.15, -0.1) is 0 Å². The van der Waals surface area contributed by atoms with E-state index in [1.54, 1.807) is 34.5 Å². The molecule has 0 spiro atoms. The summed E-state index contributed by atoms with van der Waals surface area (Å²) in [6, 6.07) is 7.35. The first-order valence-electron chi connectivity index (χ1n) is 10.0. The largest absolute Gasteiger partial charge is 0.504 e. The molecule has 2 aromatic rings. The second-order valence-corrected chi connectivity index (χ2v) is 7.57. The predicted octanol–water partition coefficient (Wildman–Crippen LogP) is 3.51. The molecule has 0 radical (unpaired) electrons. The van der Waals surface area contributed by atoms with Gasteiger partial charge in [0.15, 0.2) is 23.0 Å². The molecule has 2 saturated heterocycles. The van der Waals surface area contributed by atoms with Crippen LogP contribution in [-0.2, 0) is 9.47 Å². The highest BCUT2D eigenvalue weighted by molar-refractivity contribution is 5.55. The minimum absolute atomic E-state index is 0.0176. The van der Waals surface area contributed by atoms with Crippen LogP contribution < -0.4 is 23.7 Å². The summed E-state index contributed by atoms with van der Waals surface area (Å²) in [6.07, 6.45) is -0.389. The molecule has 2 aliphatic heterocycles. The molecule has 2 aliphatic rings. The van der Waals surface area contributed by atoms with Crippen molar-refractivity contribution in [3.05, 3.63) is 35.4 Å². The van der Waals surface area contributed by atoms with E-state index in [9.17, 15) is 5.11 Å². The van der Waals surface area contributed by atoms with Gasteiger partial charge in [0.05, 0.1) is 61.0 Å². The molecule has 4 rings (SSSR count). The van der Waals surface area contributed by atoms with Crippen LogP contribution >= 0.6 is 0 Å². The molecule has 0 aromatic heterocycles. The van der Waals surface area contributed by atoms with Crippen LogP contribution in [-0.4, -0.2) is 53.9 Å². The van der Waals surface area contributed by atoms with Gasteiger partial charge >= 0.3 is 0 Å². The van der Waals surface area contributed by atoms with Crippen LogP contribution in [0.2, 0.25) is 0 Å². The molecule has 0 bridgehead atoms. The van der Waals surface area contributed by atoms with E-state index >= 15 is 0 Å². The fraction of sp³-hybridized carbons (Fsp3) is 0.478. The van der Waals surface area contributed by atoms with Gasteiger partial charge in [0.2, 0.25) is 11.5 Å². The first kappa shape index (κ1) is 21.4. The van der Waals surface area contributed by atoms with Crippen molar-refractivity contribution in [3.8, 4) is 34.5 Å². The van der Waals surface area contributed by atoms with Crippen molar-refractivity contribution in [1.29, 1.82) is 0 Å². The molecule has 0 saturated carbocycles. The fourth-order valence-electron chi connectivity index (χ4n) is 4.63. The third-order valence-electron chi connectivity index (χ3n) is 6.09. The van der Waals surface area contributed by atoms with Crippen molar-refractivity contribution in [2.45, 2.75) is 12.2 Å². The van der Waals surface area contributed by atoms with Gasteiger partial charge in [-0.1, -0.05) is 0 Å². The second-order valence-electron chi connectivity index (χ2n) is 7.57. The molecule has 2 heterocycles. The third kappa shape index (κ3) is 3.59. The van der Waals surface area contributed by atoms with Crippen LogP contribution in [0.5, 0.6) is 34.5 Å². The van der Waals surface area contributed by atoms with Crippen molar-refractivity contribution in [2.24, 2.45) is 11.8 Å². The Morgan fingerprint density at radius 1 is 0.645 bits per heavy atom. The third-order valence-corrected chi connectivity index (χ3v) is 6.09. The maximum Gasteiger partial charge on any atom is 0.203 e. The molecule has 8 nitrogen and oxygen atoms in total. The highest BCUT2D eigenvalue weighted by Crippen LogP contribution is 2.53. The Balaban J connectivity index is 1.63. The number of fused-ring (bicyclic) bond motifs is 1. The summed E-state index contributed by atoms with van der Waals surface area (Å²) in [6.45, 7) is 1.07. The number of benzene rings is 2. The summed E-state index contributed by atoms with van der Waals surface area (Å²) < 4.78 is 39.4. The standard InChI is InChI=1S/C23H28O8/c1-25-17-7-12(6-16(24)22(17)28-4)20-14-10-31-21(15(14)11-30-20)13-8-18(26-2)23(29-5)19(9-13)27-3/h6-9,14-15,20-21,24H,10-11H2,1-5H3. The second kappa shape index (κ2) is 8.72. The molecule has 4 atom stereocenters. The SMILES string of the molecule is COc1cc(C2OCC3C(c4cc(OC)c(OC)c(OC)c4)OCC23)cc(O)c1OC. The van der Waals surface area contributed by atoms with Crippen LogP contribution in [0.25, 0.3) is 0 Å². The van der Waals surface area contributed by atoms with E-state index in [2.05, 4.69) is 0 Å². The van der Waals surface area contributed by atoms with Gasteiger partial charge in [-0.05, 0) is 35.4 Å². The lowest BCUT2D eigenvalue weighted by molar-refractivity contribution is 0.0190. The Labute approximate surface area is 181 Å². The van der Waals surface area contributed by atoms with Gasteiger partial charge in [-0.3, -0.25) is 0 Å². The average Bonchev–Trinajstić information content (AvgIpc) is 3.39. The van der Waals surface area contributed by atoms with E-state index in [1.807, 2.05) is 18.2 Å². The topological polar surface area (TPSA) is 84.8 Å². The molecule has 2 fully saturated rings. The lowest BCUT2D eigenvalue weighted by Crippen LogP contribution is -2.15. The molecular formula is C23H28O8. The number of phenols is 1. The maximum absolute atomic E-state index is 10.4. The number of hydrogen-bond donors (Lipinski definition) is 1. The minimum atomic E-state index is -0.220. The number of ether oxygens (including phenoxy) is 7. The zero-order valence-corrected chi connectivity index (χ0v) is 18.3. The van der Waals surface area contributed by atoms with E-state index in [0.717, 1.165) is 11.1 Å². The fourth-order valence-corrected chi connectivity index (χ4v) is 4.63. The Morgan fingerprint density at radius 2 is 1.06 bits per heavy atom. The van der Waals surface area contributed by atoms with Crippen molar-refractivity contribution < 1.29 is 38.3 Å². The van der Waals surface area contributed by atoms with Crippen LogP contribution in [0.3, 0.4) is 0 Å². The summed E-state index contributed by atoms with van der Waals surface area (Å²) in [5.41, 5.74) is 1.78. The van der Waals surface area contributed by atoms with Crippen molar-refractivity contribution >= 4 is 0 Å². The first-order valence-corrected chi connectivity index (χ1v) is 10.0. The summed E-state index contributed by atoms with van der Waals surface area (Å²) in [5.74, 6) is 2.77. The molecule has 4 unspecified atom stereocenters. The van der Waals surface area contributed by atoms with E-state index in [1.165, 1.54) is 7.11 Å². The molecule has 31 heavy (non-hydrogen) atoms. The van der Waals surface area contributed by atoms with E-state index in [4.69, 9.17) is 33.2 Å². The highest BCUT2D eigenvalue weighted by atomic mass is 16.5. The summed E-state index contributed by atoms with van der Waals surface area (Å²) in [4.78, 5) is 0. The maximum atomic E-state index is 10.4. The smallest absolute Gasteiger partial charge is 0.203 e. The molecule has 0 amide bonds. The van der Waals surface area contributed by atoms with Gasteiger partial charge in [0.25, 0.3) is 0 Å². The summed E-state index contributed by atoms with van der Waals surface area (Å²) in [7, 11) is 7.80. The Hall–Kier alpha value is -2.84. The van der Waals surface area contributed by atoms with E-state index < -0.39 is 0 Å². The number of phenolic OH excluding ortho intramolecular Hbond substituents is 1. The van der Waals surface area contributed by atoms with Crippen molar-refractivity contribution in [2.75, 3.05) is 48.8 Å². The lowest BCUT2D eigenvalue weighted by atomic mass is 9.84. The summed E-state index contributed by atoms with van der Waals surface area (Å²) in [5, 5.41) is 10.4. The molecule has 168 valence electrons. The number of rotatable bonds is 7. The van der Waals surface area contributed by atoms with Gasteiger partial charge in [0, 0.05) is 11.8 Å².